The molecule has 0 aromatic rings. The topological polar surface area (TPSA) is 0 Å². The lowest BCUT2D eigenvalue weighted by Gasteiger charge is -2.18. The Balaban J connectivity index is 2.06. The maximum Gasteiger partial charge on any atom is -0.0321 e. The lowest BCUT2D eigenvalue weighted by Crippen LogP contribution is -2.11. The molecule has 0 heterocycles. The molecule has 0 nitrogen and oxygen atoms in total. The van der Waals surface area contributed by atoms with Crippen LogP contribution in [0.1, 0.15) is 34.1 Å². The lowest BCUT2D eigenvalue weighted by molar-refractivity contribution is 0.309. The predicted molar refractivity (Wildman–Crippen MR) is 48.3 cm³/mol. The van der Waals surface area contributed by atoms with Gasteiger partial charge in [-0.1, -0.05) is 27.7 Å². The normalized spacial score (nSPS) is 54.8. The number of fused-ring (bicyclic) bond motifs is 1. The van der Waals surface area contributed by atoms with E-state index >= 15 is 0 Å². The minimum Gasteiger partial charge on any atom is -0.0625 e. The molecule has 2 aliphatic carbocycles. The Morgan fingerprint density at radius 1 is 1.09 bits per heavy atom. The Kier molecular flexibility index (Phi) is 1.56. The third kappa shape index (κ3) is 0.947. The summed E-state index contributed by atoms with van der Waals surface area (Å²) in [5.41, 5.74) is 0. The average molecular weight is 152 g/mol. The Labute approximate surface area is 70.4 Å². The highest BCUT2D eigenvalue weighted by atomic mass is 14.6. The van der Waals surface area contributed by atoms with E-state index in [9.17, 15) is 0 Å². The van der Waals surface area contributed by atoms with Crippen LogP contribution in [0, 0.1) is 35.5 Å². The van der Waals surface area contributed by atoms with E-state index in [0.29, 0.717) is 0 Å². The molecule has 0 heteroatoms. The Morgan fingerprint density at radius 3 is 2.00 bits per heavy atom. The van der Waals surface area contributed by atoms with Gasteiger partial charge in [0.25, 0.3) is 0 Å². The van der Waals surface area contributed by atoms with Crippen molar-refractivity contribution in [2.24, 2.45) is 35.5 Å². The summed E-state index contributed by atoms with van der Waals surface area (Å²) >= 11 is 0. The first-order chi connectivity index (χ1) is 5.13. The first-order valence-electron chi connectivity index (χ1n) is 5.13. The largest absolute Gasteiger partial charge is 0.0625 e. The van der Waals surface area contributed by atoms with Crippen molar-refractivity contribution in [1.29, 1.82) is 0 Å². The van der Waals surface area contributed by atoms with Crippen LogP contribution in [0.25, 0.3) is 0 Å². The van der Waals surface area contributed by atoms with Gasteiger partial charge in [-0.25, -0.2) is 0 Å². The van der Waals surface area contributed by atoms with Gasteiger partial charge in [-0.05, 0) is 41.9 Å². The van der Waals surface area contributed by atoms with Crippen LogP contribution < -0.4 is 0 Å². The van der Waals surface area contributed by atoms with Crippen LogP contribution in [0.5, 0.6) is 0 Å². The van der Waals surface area contributed by atoms with E-state index in [0.717, 1.165) is 35.5 Å². The Morgan fingerprint density at radius 2 is 1.73 bits per heavy atom. The second-order valence-electron chi connectivity index (χ2n) is 5.13. The molecular formula is C11H20. The second kappa shape index (κ2) is 2.24. The minimum absolute atomic E-state index is 0.928. The Bertz CT molecular complexity index is 159. The molecule has 0 saturated heterocycles. The fourth-order valence-corrected chi connectivity index (χ4v) is 3.56. The highest BCUT2D eigenvalue weighted by Crippen LogP contribution is 2.64. The molecule has 0 radical (unpaired) electrons. The lowest BCUT2D eigenvalue weighted by atomic mass is 9.87. The van der Waals surface area contributed by atoms with Crippen molar-refractivity contribution in [1.82, 2.24) is 0 Å². The van der Waals surface area contributed by atoms with Crippen molar-refractivity contribution in [2.45, 2.75) is 34.1 Å². The van der Waals surface area contributed by atoms with Gasteiger partial charge in [-0.15, -0.1) is 0 Å². The minimum atomic E-state index is 0.928. The van der Waals surface area contributed by atoms with E-state index in [2.05, 4.69) is 27.7 Å². The summed E-state index contributed by atoms with van der Waals surface area (Å²) in [5.74, 6) is 6.31. The van der Waals surface area contributed by atoms with Gasteiger partial charge in [0.05, 0.1) is 0 Å². The fraction of sp³-hybridized carbons (Fsp3) is 1.00. The van der Waals surface area contributed by atoms with E-state index in [1.54, 1.807) is 0 Å². The van der Waals surface area contributed by atoms with Crippen LogP contribution in [0.15, 0.2) is 0 Å². The van der Waals surface area contributed by atoms with Gasteiger partial charge < -0.3 is 0 Å². The molecule has 64 valence electrons. The summed E-state index contributed by atoms with van der Waals surface area (Å²) in [7, 11) is 0. The monoisotopic (exact) mass is 152 g/mol. The van der Waals surface area contributed by atoms with Gasteiger partial charge in [0.1, 0.15) is 0 Å². The molecule has 5 atom stereocenters. The summed E-state index contributed by atoms with van der Waals surface area (Å²) in [6.45, 7) is 9.68. The second-order valence-corrected chi connectivity index (χ2v) is 5.13. The molecule has 0 aliphatic heterocycles. The van der Waals surface area contributed by atoms with Gasteiger partial charge in [-0.3, -0.25) is 0 Å². The maximum atomic E-state index is 2.45. The van der Waals surface area contributed by atoms with Gasteiger partial charge in [-0.2, -0.15) is 0 Å². The molecule has 0 amide bonds. The molecule has 2 saturated carbocycles. The predicted octanol–water partition coefficient (Wildman–Crippen LogP) is 3.18. The van der Waals surface area contributed by atoms with E-state index in [-0.39, 0.29) is 0 Å². The van der Waals surface area contributed by atoms with Crippen molar-refractivity contribution in [3.8, 4) is 0 Å². The molecule has 0 bridgehead atoms. The molecule has 0 N–H and O–H groups in total. The van der Waals surface area contributed by atoms with Gasteiger partial charge in [0.15, 0.2) is 0 Å². The van der Waals surface area contributed by atoms with E-state index < -0.39 is 0 Å². The zero-order valence-corrected chi connectivity index (χ0v) is 8.17. The first-order valence-corrected chi connectivity index (χ1v) is 5.13. The van der Waals surface area contributed by atoms with Gasteiger partial charge in [0, 0.05) is 0 Å². The van der Waals surface area contributed by atoms with Crippen LogP contribution >= 0.6 is 0 Å². The quantitative estimate of drug-likeness (QED) is 0.541. The van der Waals surface area contributed by atoms with E-state index in [4.69, 9.17) is 0 Å². The molecular weight excluding hydrogens is 132 g/mol. The molecule has 2 fully saturated rings. The van der Waals surface area contributed by atoms with E-state index in [1.807, 2.05) is 0 Å². The molecule has 0 aromatic carbocycles. The standard InChI is InChI=1S/C11H20/c1-6(2)9-5-7(3)10-8(4)11(9)10/h6-11H,5H2,1-4H3. The van der Waals surface area contributed by atoms with Crippen LogP contribution in [-0.2, 0) is 0 Å². The molecule has 5 unspecified atom stereocenters. The molecule has 0 aromatic heterocycles. The molecule has 0 spiro atoms. The molecule has 2 rings (SSSR count). The van der Waals surface area contributed by atoms with Crippen LogP contribution in [0.2, 0.25) is 0 Å². The van der Waals surface area contributed by atoms with Crippen molar-refractivity contribution in [2.75, 3.05) is 0 Å². The number of rotatable bonds is 1. The van der Waals surface area contributed by atoms with E-state index in [1.165, 1.54) is 6.42 Å². The summed E-state index contributed by atoms with van der Waals surface area (Å²) in [6.07, 6.45) is 1.51. The zero-order chi connectivity index (χ0) is 8.17. The molecule has 2 aliphatic rings. The third-order valence-electron chi connectivity index (χ3n) is 4.17. The number of hydrogen-bond donors (Lipinski definition) is 0. The average Bonchev–Trinajstić information content (AvgIpc) is 2.37. The number of hydrogen-bond acceptors (Lipinski definition) is 0. The van der Waals surface area contributed by atoms with Gasteiger partial charge >= 0.3 is 0 Å². The maximum absolute atomic E-state index is 2.45. The van der Waals surface area contributed by atoms with Crippen molar-refractivity contribution in [3.63, 3.8) is 0 Å². The van der Waals surface area contributed by atoms with Crippen molar-refractivity contribution < 1.29 is 0 Å². The van der Waals surface area contributed by atoms with Gasteiger partial charge in [0.2, 0.25) is 0 Å². The van der Waals surface area contributed by atoms with Crippen molar-refractivity contribution in [3.05, 3.63) is 0 Å². The zero-order valence-electron chi connectivity index (χ0n) is 8.17. The van der Waals surface area contributed by atoms with Crippen molar-refractivity contribution >= 4 is 0 Å². The Hall–Kier alpha value is 0. The highest BCUT2D eigenvalue weighted by Gasteiger charge is 2.58. The van der Waals surface area contributed by atoms with Crippen LogP contribution in [-0.4, -0.2) is 0 Å². The van der Waals surface area contributed by atoms with Crippen LogP contribution in [0.3, 0.4) is 0 Å². The SMILES string of the molecule is CC(C)C1CC(C)C2C(C)C12. The summed E-state index contributed by atoms with van der Waals surface area (Å²) in [6, 6.07) is 0. The fourth-order valence-electron chi connectivity index (χ4n) is 3.56. The highest BCUT2D eigenvalue weighted by molar-refractivity contribution is 5.06. The first kappa shape index (κ1) is 7.64. The summed E-state index contributed by atoms with van der Waals surface area (Å²) in [5, 5.41) is 0. The van der Waals surface area contributed by atoms with Crippen LogP contribution in [0.4, 0.5) is 0 Å². The summed E-state index contributed by atoms with van der Waals surface area (Å²) < 4.78 is 0. The third-order valence-corrected chi connectivity index (χ3v) is 4.17. The molecule has 11 heavy (non-hydrogen) atoms. The smallest absolute Gasteiger partial charge is 0.0321 e. The summed E-state index contributed by atoms with van der Waals surface area (Å²) in [4.78, 5) is 0.